The molecule has 0 radical (unpaired) electrons. The van der Waals surface area contributed by atoms with Gasteiger partial charge < -0.3 is 19.3 Å². The predicted octanol–water partition coefficient (Wildman–Crippen LogP) is 5.28. The van der Waals surface area contributed by atoms with Crippen LogP contribution in [-0.2, 0) is 4.79 Å². The van der Waals surface area contributed by atoms with Gasteiger partial charge in [-0.15, -0.1) is 0 Å². The summed E-state index contributed by atoms with van der Waals surface area (Å²) in [5.74, 6) is -4.27. The normalized spacial score (nSPS) is 21.6. The van der Waals surface area contributed by atoms with E-state index in [9.17, 15) is 14.0 Å². The number of carbonyl (C=O) groups excluding carboxylic acids is 1. The van der Waals surface area contributed by atoms with Crippen LogP contribution in [0.3, 0.4) is 0 Å². The molecule has 1 fully saturated rings. The van der Waals surface area contributed by atoms with Gasteiger partial charge in [0.1, 0.15) is 36.1 Å². The maximum atomic E-state index is 15.7. The Morgan fingerprint density at radius 1 is 1.13 bits per heavy atom. The fraction of sp³-hybridized carbons (Fsp3) is 0.344. The van der Waals surface area contributed by atoms with Gasteiger partial charge in [0.25, 0.3) is 0 Å². The van der Waals surface area contributed by atoms with Crippen LogP contribution in [0.5, 0.6) is 11.5 Å². The molecule has 10 nitrogen and oxygen atoms in total. The van der Waals surface area contributed by atoms with Gasteiger partial charge in [-0.2, -0.15) is 4.98 Å². The molecule has 1 aromatic carbocycles. The standard InChI is InChI=1S/C32H31ClF2N6O4/c1-6-24(42)39-14-18(5)40(15-17(39)4)30-19-13-20(33)28-25-22(8-7-21(34)26(25)35)44-11-12-45-23-9-10-36-27(16(2)3)29(23)41(31(19)37-28)32(43)38-30/h6-10,13,16-18H,1,11-12,14-15H2,2-5H3/i11D2,12D2. The van der Waals surface area contributed by atoms with E-state index < -0.39 is 53.4 Å². The number of aromatic nitrogens is 4. The SMILES string of the molecule is [2H]C1([2H])Oc2ccc(F)c(F)c2-c2nc3c(cc2Cl)c(N2CC(C)N(C(=O)C=C)CC2C)nc(=O)n3-c2c(ccnc2C(C)C)OC1([2H])[2H]. The lowest BCUT2D eigenvalue weighted by Crippen LogP contribution is -2.58. The minimum atomic E-state index is -3.32. The highest BCUT2D eigenvalue weighted by atomic mass is 35.5. The number of amides is 1. The van der Waals surface area contributed by atoms with Crippen LogP contribution >= 0.6 is 11.6 Å². The van der Waals surface area contributed by atoms with Crippen molar-refractivity contribution in [2.45, 2.75) is 45.7 Å². The van der Waals surface area contributed by atoms with E-state index in [0.29, 0.717) is 6.07 Å². The average molecular weight is 641 g/mol. The molecule has 13 heteroatoms. The molecular formula is C32H31ClF2N6O4. The minimum absolute atomic E-state index is 0.102. The van der Waals surface area contributed by atoms with Gasteiger partial charge in [-0.05, 0) is 44.0 Å². The van der Waals surface area contributed by atoms with Gasteiger partial charge in [0.2, 0.25) is 5.91 Å². The number of hydrogen-bond donors (Lipinski definition) is 0. The molecular weight excluding hydrogens is 606 g/mol. The third kappa shape index (κ3) is 5.16. The second-order valence-electron chi connectivity index (χ2n) is 11.1. The first-order chi connectivity index (χ1) is 23.0. The molecule has 234 valence electrons. The summed E-state index contributed by atoms with van der Waals surface area (Å²) >= 11 is 6.78. The van der Waals surface area contributed by atoms with E-state index in [4.69, 9.17) is 26.6 Å². The van der Waals surface area contributed by atoms with E-state index in [2.05, 4.69) is 21.5 Å². The fourth-order valence-corrected chi connectivity index (χ4v) is 5.96. The van der Waals surface area contributed by atoms with Gasteiger partial charge in [-0.3, -0.25) is 9.78 Å². The van der Waals surface area contributed by atoms with Crippen molar-refractivity contribution in [3.8, 4) is 28.4 Å². The van der Waals surface area contributed by atoms with Crippen LogP contribution in [0.2, 0.25) is 5.02 Å². The Bertz CT molecular complexity index is 2100. The van der Waals surface area contributed by atoms with Gasteiger partial charge in [0.15, 0.2) is 17.3 Å². The Hall–Kier alpha value is -4.58. The third-order valence-corrected chi connectivity index (χ3v) is 8.15. The van der Waals surface area contributed by atoms with Crippen molar-refractivity contribution in [1.82, 2.24) is 24.4 Å². The summed E-state index contributed by atoms with van der Waals surface area (Å²) in [5, 5.41) is -0.0290. The maximum absolute atomic E-state index is 15.7. The summed E-state index contributed by atoms with van der Waals surface area (Å²) in [5.41, 5.74) is -2.04. The number of pyridine rings is 2. The van der Waals surface area contributed by atoms with Crippen LogP contribution in [0, 0.1) is 11.6 Å². The molecule has 2 atom stereocenters. The van der Waals surface area contributed by atoms with Crippen molar-refractivity contribution in [2.24, 2.45) is 0 Å². The summed E-state index contributed by atoms with van der Waals surface area (Å²) in [6.07, 6.45) is 2.54. The summed E-state index contributed by atoms with van der Waals surface area (Å²) < 4.78 is 76.9. The van der Waals surface area contributed by atoms with E-state index in [1.165, 1.54) is 24.4 Å². The van der Waals surface area contributed by atoms with Gasteiger partial charge >= 0.3 is 5.69 Å². The Balaban J connectivity index is 1.76. The molecule has 1 amide bonds. The number of halogens is 3. The van der Waals surface area contributed by atoms with Crippen molar-refractivity contribution in [3.63, 3.8) is 0 Å². The summed E-state index contributed by atoms with van der Waals surface area (Å²) in [6.45, 7) is 4.70. The minimum Gasteiger partial charge on any atom is -0.489 e. The van der Waals surface area contributed by atoms with Gasteiger partial charge in [-0.1, -0.05) is 32.0 Å². The number of ether oxygens (including phenoxy) is 2. The maximum Gasteiger partial charge on any atom is 0.356 e. The number of rotatable bonds is 3. The Morgan fingerprint density at radius 2 is 1.87 bits per heavy atom. The quantitative estimate of drug-likeness (QED) is 0.279. The van der Waals surface area contributed by atoms with Crippen molar-refractivity contribution in [3.05, 3.63) is 76.0 Å². The second-order valence-corrected chi connectivity index (χ2v) is 11.5. The van der Waals surface area contributed by atoms with Crippen molar-refractivity contribution < 1.29 is 28.5 Å². The highest BCUT2D eigenvalue weighted by molar-refractivity contribution is 6.34. The first-order valence-corrected chi connectivity index (χ1v) is 14.5. The molecule has 3 aromatic heterocycles. The van der Waals surface area contributed by atoms with E-state index in [0.717, 1.165) is 10.6 Å². The molecule has 2 aliphatic rings. The Labute approximate surface area is 268 Å². The summed E-state index contributed by atoms with van der Waals surface area (Å²) in [4.78, 5) is 43.8. The molecule has 2 aliphatic heterocycles. The zero-order valence-corrected chi connectivity index (χ0v) is 25.5. The van der Waals surface area contributed by atoms with Crippen molar-refractivity contribution in [2.75, 3.05) is 31.1 Å². The number of carbonyl (C=O) groups is 1. The molecule has 0 N–H and O–H groups in total. The van der Waals surface area contributed by atoms with Crippen LogP contribution in [0.25, 0.3) is 28.0 Å². The fourth-order valence-electron chi connectivity index (χ4n) is 5.72. The topological polar surface area (TPSA) is 103 Å². The highest BCUT2D eigenvalue weighted by Gasteiger charge is 2.35. The first kappa shape index (κ1) is 25.7. The average Bonchev–Trinajstić information content (AvgIpc) is 3.03. The second kappa shape index (κ2) is 11.7. The molecule has 2 unspecified atom stereocenters. The third-order valence-electron chi connectivity index (χ3n) is 7.86. The van der Waals surface area contributed by atoms with Crippen LogP contribution < -0.4 is 20.1 Å². The molecule has 45 heavy (non-hydrogen) atoms. The lowest BCUT2D eigenvalue weighted by atomic mass is 10.0. The zero-order chi connectivity index (χ0) is 35.7. The smallest absolute Gasteiger partial charge is 0.356 e. The van der Waals surface area contributed by atoms with Crippen molar-refractivity contribution >= 4 is 34.4 Å². The molecule has 0 spiro atoms. The number of nitrogens with zero attached hydrogens (tertiary/aromatic N) is 6. The molecule has 0 aliphatic carbocycles. The summed E-state index contributed by atoms with van der Waals surface area (Å²) in [6, 6.07) is 3.55. The van der Waals surface area contributed by atoms with Crippen LogP contribution in [0.4, 0.5) is 14.6 Å². The van der Waals surface area contributed by atoms with Crippen LogP contribution in [0.15, 0.2) is 47.9 Å². The molecule has 0 saturated carbocycles. The number of fused-ring (bicyclic) bond motifs is 5. The van der Waals surface area contributed by atoms with E-state index in [-0.39, 0.29) is 70.1 Å². The number of benzene rings is 1. The molecule has 1 saturated heterocycles. The largest absolute Gasteiger partial charge is 0.489 e. The van der Waals surface area contributed by atoms with E-state index in [1.54, 1.807) is 18.7 Å². The molecule has 6 rings (SSSR count). The predicted molar refractivity (Wildman–Crippen MR) is 167 cm³/mol. The molecule has 4 aromatic rings. The lowest BCUT2D eigenvalue weighted by molar-refractivity contribution is -0.128. The van der Waals surface area contributed by atoms with Crippen LogP contribution in [-0.4, -0.2) is 68.6 Å². The Morgan fingerprint density at radius 3 is 2.58 bits per heavy atom. The van der Waals surface area contributed by atoms with E-state index in [1.807, 2.05) is 18.7 Å². The van der Waals surface area contributed by atoms with Gasteiger partial charge in [0, 0.05) is 37.4 Å². The van der Waals surface area contributed by atoms with Gasteiger partial charge in [-0.25, -0.2) is 23.1 Å². The molecule has 5 heterocycles. The lowest BCUT2D eigenvalue weighted by Gasteiger charge is -2.44. The number of hydrogen-bond acceptors (Lipinski definition) is 8. The van der Waals surface area contributed by atoms with E-state index >= 15 is 4.39 Å². The zero-order valence-electron chi connectivity index (χ0n) is 28.8. The first-order valence-electron chi connectivity index (χ1n) is 16.2. The summed E-state index contributed by atoms with van der Waals surface area (Å²) in [7, 11) is 0. The number of piperazine rings is 1. The Kier molecular flexibility index (Phi) is 6.71. The number of anilines is 1. The van der Waals surface area contributed by atoms with Crippen LogP contribution in [0.1, 0.15) is 44.8 Å². The molecule has 2 bridgehead atoms. The van der Waals surface area contributed by atoms with Crippen molar-refractivity contribution in [1.29, 1.82) is 0 Å². The highest BCUT2D eigenvalue weighted by Crippen LogP contribution is 2.41. The van der Waals surface area contributed by atoms with Gasteiger partial charge in [0.05, 0.1) is 32.8 Å². The monoisotopic (exact) mass is 640 g/mol.